The van der Waals surface area contributed by atoms with E-state index in [0.717, 1.165) is 38.0 Å². The van der Waals surface area contributed by atoms with E-state index in [1.165, 1.54) is 0 Å². The molecule has 2 aromatic rings. The van der Waals surface area contributed by atoms with Gasteiger partial charge in [-0.2, -0.15) is 0 Å². The number of nitrogens with zero attached hydrogens (tertiary/aromatic N) is 1. The van der Waals surface area contributed by atoms with Crippen molar-refractivity contribution in [2.75, 3.05) is 48.4 Å². The Morgan fingerprint density at radius 1 is 1.09 bits per heavy atom. The third-order valence-corrected chi connectivity index (χ3v) is 5.92. The van der Waals surface area contributed by atoms with Gasteiger partial charge in [0.25, 0.3) is 5.91 Å². The number of amides is 3. The van der Waals surface area contributed by atoms with Gasteiger partial charge in [0, 0.05) is 44.2 Å². The number of rotatable bonds is 9. The lowest BCUT2D eigenvalue weighted by Gasteiger charge is -2.22. The first-order valence-electron chi connectivity index (χ1n) is 10.8. The van der Waals surface area contributed by atoms with Crippen molar-refractivity contribution in [1.82, 2.24) is 5.32 Å². The van der Waals surface area contributed by atoms with E-state index in [4.69, 9.17) is 27.9 Å². The maximum atomic E-state index is 12.9. The lowest BCUT2D eigenvalue weighted by atomic mass is 10.1. The minimum Gasteiger partial charge on any atom is -0.382 e. The van der Waals surface area contributed by atoms with Crippen molar-refractivity contribution in [3.05, 3.63) is 52.0 Å². The standard InChI is InChI=1S/C23H28Cl2N4O3/c1-2-32-14-6-11-26-22(30)17-15-16(9-10-20(17)29-12-3-4-13-29)27-23(31)28-19-8-5-7-18(24)21(19)25/h5,7-10,15H,2-4,6,11-14H2,1H3,(H,26,30)(H2,27,28,31). The van der Waals surface area contributed by atoms with E-state index >= 15 is 0 Å². The largest absolute Gasteiger partial charge is 0.382 e. The highest BCUT2D eigenvalue weighted by Crippen LogP contribution is 2.30. The van der Waals surface area contributed by atoms with E-state index in [1.54, 1.807) is 30.3 Å². The zero-order valence-corrected chi connectivity index (χ0v) is 19.6. The first-order chi connectivity index (χ1) is 15.5. The maximum Gasteiger partial charge on any atom is 0.323 e. The SMILES string of the molecule is CCOCCCNC(=O)c1cc(NC(=O)Nc2cccc(Cl)c2Cl)ccc1N1CCCC1. The monoisotopic (exact) mass is 478 g/mol. The van der Waals surface area contributed by atoms with Crippen LogP contribution in [-0.4, -0.2) is 44.8 Å². The number of ether oxygens (including phenoxy) is 1. The Labute approximate surface area is 198 Å². The van der Waals surface area contributed by atoms with Crippen molar-refractivity contribution >= 4 is 52.2 Å². The van der Waals surface area contributed by atoms with Gasteiger partial charge in [-0.05, 0) is 56.5 Å². The number of hydrogen-bond donors (Lipinski definition) is 3. The Bertz CT molecular complexity index is 949. The Hall–Kier alpha value is -2.48. The molecule has 172 valence electrons. The second-order valence-electron chi connectivity index (χ2n) is 7.41. The number of carbonyl (C=O) groups excluding carboxylic acids is 2. The smallest absolute Gasteiger partial charge is 0.323 e. The molecule has 9 heteroatoms. The predicted octanol–water partition coefficient (Wildman–Crippen LogP) is 5.39. The third kappa shape index (κ3) is 6.51. The summed E-state index contributed by atoms with van der Waals surface area (Å²) in [6.07, 6.45) is 2.93. The van der Waals surface area contributed by atoms with Crippen molar-refractivity contribution in [2.45, 2.75) is 26.2 Å². The van der Waals surface area contributed by atoms with Crippen LogP contribution in [0.5, 0.6) is 0 Å². The fourth-order valence-corrected chi connectivity index (χ4v) is 3.88. The van der Waals surface area contributed by atoms with E-state index in [9.17, 15) is 9.59 Å². The second kappa shape index (κ2) is 11.9. The van der Waals surface area contributed by atoms with Gasteiger partial charge in [-0.3, -0.25) is 4.79 Å². The molecule has 32 heavy (non-hydrogen) atoms. The van der Waals surface area contributed by atoms with Gasteiger partial charge in [-0.15, -0.1) is 0 Å². The molecule has 1 aliphatic heterocycles. The quantitative estimate of drug-likeness (QED) is 0.421. The van der Waals surface area contributed by atoms with E-state index in [2.05, 4.69) is 20.9 Å². The summed E-state index contributed by atoms with van der Waals surface area (Å²) < 4.78 is 5.32. The molecule has 0 aromatic heterocycles. The van der Waals surface area contributed by atoms with E-state index in [1.807, 2.05) is 13.0 Å². The Balaban J connectivity index is 1.72. The fraction of sp³-hybridized carbons (Fsp3) is 0.391. The molecule has 0 spiro atoms. The molecule has 0 bridgehead atoms. The zero-order chi connectivity index (χ0) is 22.9. The molecule has 1 saturated heterocycles. The highest BCUT2D eigenvalue weighted by atomic mass is 35.5. The van der Waals surface area contributed by atoms with E-state index in [-0.39, 0.29) is 10.9 Å². The van der Waals surface area contributed by atoms with Crippen molar-refractivity contribution < 1.29 is 14.3 Å². The second-order valence-corrected chi connectivity index (χ2v) is 8.20. The highest BCUT2D eigenvalue weighted by molar-refractivity contribution is 6.44. The molecule has 2 aromatic carbocycles. The Kier molecular flexibility index (Phi) is 9.02. The lowest BCUT2D eigenvalue weighted by molar-refractivity contribution is 0.0944. The molecule has 7 nitrogen and oxygen atoms in total. The van der Waals surface area contributed by atoms with Gasteiger partial charge in [-0.1, -0.05) is 29.3 Å². The molecule has 1 aliphatic rings. The van der Waals surface area contributed by atoms with Crippen LogP contribution in [0.4, 0.5) is 21.9 Å². The van der Waals surface area contributed by atoms with Crippen LogP contribution in [-0.2, 0) is 4.74 Å². The number of nitrogens with one attached hydrogen (secondary N) is 3. The van der Waals surface area contributed by atoms with Gasteiger partial charge in [0.05, 0.1) is 21.3 Å². The van der Waals surface area contributed by atoms with Gasteiger partial charge in [0.2, 0.25) is 0 Å². The van der Waals surface area contributed by atoms with Gasteiger partial charge in [0.15, 0.2) is 0 Å². The minimum absolute atomic E-state index is 0.176. The van der Waals surface area contributed by atoms with Crippen molar-refractivity contribution in [3.63, 3.8) is 0 Å². The van der Waals surface area contributed by atoms with E-state index < -0.39 is 6.03 Å². The first kappa shape index (κ1) is 24.2. The Morgan fingerprint density at radius 2 is 1.88 bits per heavy atom. The molecule has 0 unspecified atom stereocenters. The van der Waals surface area contributed by atoms with Crippen LogP contribution in [0.25, 0.3) is 0 Å². The molecule has 0 saturated carbocycles. The summed E-state index contributed by atoms with van der Waals surface area (Å²) in [5.41, 5.74) is 2.30. The third-order valence-electron chi connectivity index (χ3n) is 5.10. The van der Waals surface area contributed by atoms with Crippen LogP contribution in [0.1, 0.15) is 36.5 Å². The number of carbonyl (C=O) groups is 2. The number of anilines is 3. The van der Waals surface area contributed by atoms with Crippen molar-refractivity contribution in [1.29, 1.82) is 0 Å². The Morgan fingerprint density at radius 3 is 2.62 bits per heavy atom. The fourth-order valence-electron chi connectivity index (χ4n) is 3.53. The summed E-state index contributed by atoms with van der Waals surface area (Å²) >= 11 is 12.1. The van der Waals surface area contributed by atoms with Crippen LogP contribution in [0.2, 0.25) is 10.0 Å². The van der Waals surface area contributed by atoms with Gasteiger partial charge in [-0.25, -0.2) is 4.79 Å². The van der Waals surface area contributed by atoms with Crippen LogP contribution < -0.4 is 20.9 Å². The molecule has 3 rings (SSSR count). The average Bonchev–Trinajstić information content (AvgIpc) is 3.31. The first-order valence-corrected chi connectivity index (χ1v) is 11.5. The molecule has 1 fully saturated rings. The van der Waals surface area contributed by atoms with E-state index in [0.29, 0.717) is 41.7 Å². The highest BCUT2D eigenvalue weighted by Gasteiger charge is 2.20. The van der Waals surface area contributed by atoms with Crippen LogP contribution in [0.3, 0.4) is 0 Å². The van der Waals surface area contributed by atoms with Gasteiger partial charge < -0.3 is 25.6 Å². The molecular weight excluding hydrogens is 451 g/mol. The number of halogens is 2. The van der Waals surface area contributed by atoms with Crippen LogP contribution in [0.15, 0.2) is 36.4 Å². The average molecular weight is 479 g/mol. The summed E-state index contributed by atoms with van der Waals surface area (Å²) in [6.45, 7) is 5.53. The van der Waals surface area contributed by atoms with Crippen LogP contribution in [0, 0.1) is 0 Å². The molecule has 3 N–H and O–H groups in total. The topological polar surface area (TPSA) is 82.7 Å². The number of hydrogen-bond acceptors (Lipinski definition) is 4. The normalized spacial score (nSPS) is 13.2. The van der Waals surface area contributed by atoms with Crippen molar-refractivity contribution in [3.8, 4) is 0 Å². The molecule has 3 amide bonds. The van der Waals surface area contributed by atoms with Crippen molar-refractivity contribution in [2.24, 2.45) is 0 Å². The summed E-state index contributed by atoms with van der Waals surface area (Å²) in [7, 11) is 0. The molecule has 1 heterocycles. The number of benzene rings is 2. The molecule has 0 atom stereocenters. The van der Waals surface area contributed by atoms with Crippen LogP contribution >= 0.6 is 23.2 Å². The maximum absolute atomic E-state index is 12.9. The summed E-state index contributed by atoms with van der Waals surface area (Å²) in [6, 6.07) is 9.88. The molecule has 0 radical (unpaired) electrons. The minimum atomic E-state index is -0.480. The van der Waals surface area contributed by atoms with Gasteiger partial charge in [0.1, 0.15) is 0 Å². The lowest BCUT2D eigenvalue weighted by Crippen LogP contribution is -2.29. The summed E-state index contributed by atoms with van der Waals surface area (Å²) in [5, 5.41) is 9.01. The predicted molar refractivity (Wildman–Crippen MR) is 130 cm³/mol. The van der Waals surface area contributed by atoms with Gasteiger partial charge >= 0.3 is 6.03 Å². The molecular formula is C23H28Cl2N4O3. The summed E-state index contributed by atoms with van der Waals surface area (Å²) in [5.74, 6) is -0.176. The summed E-state index contributed by atoms with van der Waals surface area (Å²) in [4.78, 5) is 27.6. The molecule has 0 aliphatic carbocycles. The zero-order valence-electron chi connectivity index (χ0n) is 18.0. The number of urea groups is 1.